The maximum atomic E-state index is 5.82. The van der Waals surface area contributed by atoms with Crippen molar-refractivity contribution in [2.24, 2.45) is 18.0 Å². The molecule has 1 saturated carbocycles. The van der Waals surface area contributed by atoms with E-state index < -0.39 is 0 Å². The van der Waals surface area contributed by atoms with Gasteiger partial charge < -0.3 is 19.9 Å². The molecule has 1 aromatic carbocycles. The highest BCUT2D eigenvalue weighted by Crippen LogP contribution is 2.31. The third kappa shape index (κ3) is 4.71. The van der Waals surface area contributed by atoms with Crippen LogP contribution >= 0.6 is 0 Å². The van der Waals surface area contributed by atoms with Crippen LogP contribution in [-0.4, -0.2) is 33.4 Å². The van der Waals surface area contributed by atoms with Gasteiger partial charge >= 0.3 is 0 Å². The van der Waals surface area contributed by atoms with Crippen molar-refractivity contribution in [1.29, 1.82) is 0 Å². The second-order valence-corrected chi connectivity index (χ2v) is 8.36. The molecule has 1 unspecified atom stereocenters. The fraction of sp³-hybridized carbons (Fsp3) is 0.591. The van der Waals surface area contributed by atoms with Crippen LogP contribution in [-0.2, 0) is 13.6 Å². The van der Waals surface area contributed by atoms with Crippen LogP contribution in [0.5, 0.6) is 5.75 Å². The van der Waals surface area contributed by atoms with Gasteiger partial charge in [0.25, 0.3) is 0 Å². The summed E-state index contributed by atoms with van der Waals surface area (Å²) in [5.41, 5.74) is 1.19. The van der Waals surface area contributed by atoms with Crippen molar-refractivity contribution in [3.05, 3.63) is 41.5 Å². The molecule has 1 atom stereocenters. The summed E-state index contributed by atoms with van der Waals surface area (Å²) in [6.45, 7) is 5.52. The van der Waals surface area contributed by atoms with E-state index in [9.17, 15) is 0 Å². The van der Waals surface area contributed by atoms with E-state index in [1.54, 1.807) is 0 Å². The number of fused-ring (bicyclic) bond motifs is 1. The van der Waals surface area contributed by atoms with E-state index in [1.807, 2.05) is 30.7 Å². The molecule has 0 radical (unpaired) electrons. The van der Waals surface area contributed by atoms with Crippen molar-refractivity contribution in [2.75, 3.05) is 6.61 Å². The summed E-state index contributed by atoms with van der Waals surface area (Å²) in [4.78, 5) is 4.88. The molecule has 2 aromatic rings. The normalized spacial score (nSPS) is 24.5. The molecule has 0 saturated heterocycles. The summed E-state index contributed by atoms with van der Waals surface area (Å²) in [5, 5.41) is 15.8. The first-order valence-corrected chi connectivity index (χ1v) is 10.7. The fourth-order valence-corrected chi connectivity index (χ4v) is 4.13. The Kier molecular flexibility index (Phi) is 6.02. The number of hydrogen-bond acceptors (Lipinski definition) is 4. The second kappa shape index (κ2) is 8.84. The summed E-state index contributed by atoms with van der Waals surface area (Å²) >= 11 is 0. The summed E-state index contributed by atoms with van der Waals surface area (Å²) < 4.78 is 7.82. The monoisotopic (exact) mass is 396 g/mol. The zero-order valence-corrected chi connectivity index (χ0v) is 17.7. The minimum atomic E-state index is 0.190. The second-order valence-electron chi connectivity index (χ2n) is 8.36. The number of benzene rings is 1. The maximum Gasteiger partial charge on any atom is 0.192 e. The van der Waals surface area contributed by atoms with Gasteiger partial charge in [-0.1, -0.05) is 25.1 Å². The van der Waals surface area contributed by atoms with Crippen molar-refractivity contribution in [3.8, 4) is 5.75 Å². The molecule has 2 heterocycles. The Bertz CT molecular complexity index is 853. The van der Waals surface area contributed by atoms with E-state index in [-0.39, 0.29) is 6.04 Å². The van der Waals surface area contributed by atoms with Crippen LogP contribution in [0.15, 0.2) is 29.3 Å². The number of hydrogen-bond donors (Lipinski definition) is 2. The maximum absolute atomic E-state index is 5.82. The predicted octanol–water partition coefficient (Wildman–Crippen LogP) is 3.26. The minimum absolute atomic E-state index is 0.190. The van der Waals surface area contributed by atoms with Crippen LogP contribution in [0.1, 0.15) is 62.3 Å². The van der Waals surface area contributed by atoms with Crippen molar-refractivity contribution in [1.82, 2.24) is 25.4 Å². The Morgan fingerprint density at radius 3 is 2.69 bits per heavy atom. The zero-order chi connectivity index (χ0) is 20.2. The van der Waals surface area contributed by atoms with Crippen molar-refractivity contribution < 1.29 is 4.74 Å². The lowest BCUT2D eigenvalue weighted by Gasteiger charge is -2.31. The molecular formula is C22H32N6O. The van der Waals surface area contributed by atoms with Crippen LogP contribution in [0.3, 0.4) is 0 Å². The summed E-state index contributed by atoms with van der Waals surface area (Å²) in [5.74, 6) is 4.41. The van der Waals surface area contributed by atoms with Crippen LogP contribution in [0, 0.1) is 12.8 Å². The Hall–Kier alpha value is -2.57. The molecule has 7 nitrogen and oxygen atoms in total. The van der Waals surface area contributed by atoms with Gasteiger partial charge in [-0.15, -0.1) is 10.2 Å². The highest BCUT2D eigenvalue weighted by Gasteiger charge is 2.24. The number of guanidine groups is 1. The molecule has 1 aliphatic carbocycles. The molecule has 1 aromatic heterocycles. The SMILES string of the molecule is Cc1nnc(CN=C(NC2CCC(C)CC2)NC2CCOc3ccccc32)n1C. The van der Waals surface area contributed by atoms with Gasteiger partial charge in [0, 0.05) is 25.1 Å². The minimum Gasteiger partial charge on any atom is -0.493 e. The first-order chi connectivity index (χ1) is 14.1. The van der Waals surface area contributed by atoms with Crippen LogP contribution in [0.4, 0.5) is 0 Å². The number of aryl methyl sites for hydroxylation is 1. The third-order valence-electron chi connectivity index (χ3n) is 6.19. The molecule has 1 aliphatic heterocycles. The number of aliphatic imine (C=N–C) groups is 1. The summed E-state index contributed by atoms with van der Waals surface area (Å²) in [6.07, 6.45) is 5.84. The zero-order valence-electron chi connectivity index (χ0n) is 17.7. The first-order valence-electron chi connectivity index (χ1n) is 10.7. The summed E-state index contributed by atoms with van der Waals surface area (Å²) in [7, 11) is 1.98. The van der Waals surface area contributed by atoms with E-state index in [1.165, 1.54) is 31.2 Å². The first kappa shape index (κ1) is 19.7. The number of nitrogens with zero attached hydrogens (tertiary/aromatic N) is 4. The van der Waals surface area contributed by atoms with Gasteiger partial charge in [-0.2, -0.15) is 0 Å². The van der Waals surface area contributed by atoms with Crippen LogP contribution in [0.25, 0.3) is 0 Å². The van der Waals surface area contributed by atoms with Gasteiger partial charge in [0.2, 0.25) is 0 Å². The molecule has 4 rings (SSSR count). The molecule has 2 N–H and O–H groups in total. The fourth-order valence-electron chi connectivity index (χ4n) is 4.13. The number of para-hydroxylation sites is 1. The standard InChI is InChI=1S/C22H32N6O/c1-15-8-10-17(11-9-15)24-22(23-14-21-27-26-16(2)28(21)3)25-19-12-13-29-20-7-5-4-6-18(19)20/h4-7,15,17,19H,8-14H2,1-3H3,(H2,23,24,25). The largest absolute Gasteiger partial charge is 0.493 e. The summed E-state index contributed by atoms with van der Waals surface area (Å²) in [6, 6.07) is 8.92. The lowest BCUT2D eigenvalue weighted by Crippen LogP contribution is -2.46. The molecule has 0 spiro atoms. The quantitative estimate of drug-likeness (QED) is 0.613. The molecule has 0 amide bonds. The van der Waals surface area contributed by atoms with Crippen LogP contribution < -0.4 is 15.4 Å². The predicted molar refractivity (Wildman–Crippen MR) is 114 cm³/mol. The Morgan fingerprint density at radius 1 is 1.14 bits per heavy atom. The molecule has 1 fully saturated rings. The Balaban J connectivity index is 1.51. The van der Waals surface area contributed by atoms with Crippen molar-refractivity contribution in [2.45, 2.75) is 64.6 Å². The van der Waals surface area contributed by atoms with Crippen LogP contribution in [0.2, 0.25) is 0 Å². The topological polar surface area (TPSA) is 76.4 Å². The molecule has 2 aliphatic rings. The molecule has 0 bridgehead atoms. The van der Waals surface area contributed by atoms with Gasteiger partial charge in [0.15, 0.2) is 11.8 Å². The van der Waals surface area contributed by atoms with Crippen molar-refractivity contribution in [3.63, 3.8) is 0 Å². The highest BCUT2D eigenvalue weighted by molar-refractivity contribution is 5.80. The number of nitrogens with one attached hydrogen (secondary N) is 2. The van der Waals surface area contributed by atoms with Gasteiger partial charge in [0.05, 0.1) is 12.6 Å². The molecule has 7 heteroatoms. The molecule has 156 valence electrons. The molecular weight excluding hydrogens is 364 g/mol. The van der Waals surface area contributed by atoms with Gasteiger partial charge in [-0.25, -0.2) is 4.99 Å². The van der Waals surface area contributed by atoms with Gasteiger partial charge in [-0.3, -0.25) is 0 Å². The smallest absolute Gasteiger partial charge is 0.192 e. The van der Waals surface area contributed by atoms with E-state index in [0.29, 0.717) is 19.2 Å². The van der Waals surface area contributed by atoms with Gasteiger partial charge in [0.1, 0.15) is 18.1 Å². The van der Waals surface area contributed by atoms with E-state index in [2.05, 4.69) is 39.9 Å². The number of rotatable bonds is 4. The lowest BCUT2D eigenvalue weighted by molar-refractivity contribution is 0.260. The highest BCUT2D eigenvalue weighted by atomic mass is 16.5. The molecule has 29 heavy (non-hydrogen) atoms. The van der Waals surface area contributed by atoms with E-state index >= 15 is 0 Å². The Labute approximate surface area is 173 Å². The van der Waals surface area contributed by atoms with E-state index in [4.69, 9.17) is 9.73 Å². The van der Waals surface area contributed by atoms with Gasteiger partial charge in [-0.05, 0) is 44.6 Å². The average molecular weight is 397 g/mol. The average Bonchev–Trinajstić information content (AvgIpc) is 3.06. The number of aromatic nitrogens is 3. The Morgan fingerprint density at radius 2 is 1.93 bits per heavy atom. The van der Waals surface area contributed by atoms with E-state index in [0.717, 1.165) is 35.7 Å². The number of ether oxygens (including phenoxy) is 1. The third-order valence-corrected chi connectivity index (χ3v) is 6.19. The lowest BCUT2D eigenvalue weighted by atomic mass is 9.87. The van der Waals surface area contributed by atoms with Crippen molar-refractivity contribution >= 4 is 5.96 Å².